The summed E-state index contributed by atoms with van der Waals surface area (Å²) in [5.41, 5.74) is 0. The number of hydrogen-bond donors (Lipinski definition) is 1. The highest BCUT2D eigenvalue weighted by atomic mass is 35.5. The Morgan fingerprint density at radius 3 is 2.43 bits per heavy atom. The van der Waals surface area contributed by atoms with Gasteiger partial charge in [-0.1, -0.05) is 13.2 Å². The summed E-state index contributed by atoms with van der Waals surface area (Å²) in [4.78, 5) is 10.8. The Kier molecular flexibility index (Phi) is 8.49. The van der Waals surface area contributed by atoms with Gasteiger partial charge in [0.1, 0.15) is 0 Å². The summed E-state index contributed by atoms with van der Waals surface area (Å²) in [6.45, 7) is 9.54. The minimum Gasteiger partial charge on any atom is -1.00 e. The van der Waals surface area contributed by atoms with E-state index in [0.29, 0.717) is 6.54 Å². The first-order chi connectivity index (χ1) is 6.02. The number of rotatable bonds is 6. The summed E-state index contributed by atoms with van der Waals surface area (Å²) in [5.74, 6) is -0.112. The van der Waals surface area contributed by atoms with Crippen LogP contribution in [0.15, 0.2) is 25.3 Å². The molecule has 4 heteroatoms. The molecular formula is C10H19ClN2O. The van der Waals surface area contributed by atoms with Crippen LogP contribution in [0.25, 0.3) is 0 Å². The molecule has 0 saturated heterocycles. The van der Waals surface area contributed by atoms with Crippen LogP contribution in [0.4, 0.5) is 0 Å². The lowest BCUT2D eigenvalue weighted by Crippen LogP contribution is -3.00. The molecule has 0 heterocycles. The first kappa shape index (κ1) is 15.7. The predicted octanol–water partition coefficient (Wildman–Crippen LogP) is -2.44. The lowest BCUT2D eigenvalue weighted by atomic mass is 10.4. The molecule has 0 fully saturated rings. The molecule has 0 aliphatic rings. The fourth-order valence-electron chi connectivity index (χ4n) is 0.995. The van der Waals surface area contributed by atoms with E-state index in [1.165, 1.54) is 6.08 Å². The third kappa shape index (κ3) is 7.83. The maximum absolute atomic E-state index is 10.8. The van der Waals surface area contributed by atoms with Crippen LogP contribution < -0.4 is 17.7 Å². The van der Waals surface area contributed by atoms with Crippen molar-refractivity contribution in [3.05, 3.63) is 25.3 Å². The first-order valence-electron chi connectivity index (χ1n) is 4.35. The summed E-state index contributed by atoms with van der Waals surface area (Å²) in [5, 5.41) is 2.74. The van der Waals surface area contributed by atoms with E-state index >= 15 is 0 Å². The average molecular weight is 219 g/mol. The van der Waals surface area contributed by atoms with E-state index in [1.807, 2.05) is 6.08 Å². The van der Waals surface area contributed by atoms with Gasteiger partial charge in [0.15, 0.2) is 0 Å². The van der Waals surface area contributed by atoms with Crippen molar-refractivity contribution >= 4 is 5.91 Å². The molecule has 82 valence electrons. The third-order valence-corrected chi connectivity index (χ3v) is 1.83. The number of carbonyl (C=O) groups is 1. The maximum atomic E-state index is 10.8. The molecule has 0 aliphatic carbocycles. The van der Waals surface area contributed by atoms with Crippen molar-refractivity contribution in [1.29, 1.82) is 0 Å². The fraction of sp³-hybridized carbons (Fsp3) is 0.500. The van der Waals surface area contributed by atoms with Gasteiger partial charge in [0.05, 0.1) is 33.7 Å². The van der Waals surface area contributed by atoms with Crippen molar-refractivity contribution < 1.29 is 21.7 Å². The van der Waals surface area contributed by atoms with Gasteiger partial charge < -0.3 is 22.2 Å². The molecular weight excluding hydrogens is 200 g/mol. The van der Waals surface area contributed by atoms with Crippen molar-refractivity contribution in [2.75, 3.05) is 33.7 Å². The van der Waals surface area contributed by atoms with Crippen LogP contribution in [0.5, 0.6) is 0 Å². The van der Waals surface area contributed by atoms with Crippen molar-refractivity contribution in [2.45, 2.75) is 0 Å². The van der Waals surface area contributed by atoms with Gasteiger partial charge in [0.25, 0.3) is 0 Å². The number of hydrogen-bond acceptors (Lipinski definition) is 1. The minimum atomic E-state index is -0.112. The summed E-state index contributed by atoms with van der Waals surface area (Å²) < 4.78 is 0.834. The highest BCUT2D eigenvalue weighted by Crippen LogP contribution is 1.94. The number of quaternary nitrogens is 1. The van der Waals surface area contributed by atoms with Crippen LogP contribution in [0, 0.1) is 0 Å². The number of nitrogens with zero attached hydrogens (tertiary/aromatic N) is 1. The highest BCUT2D eigenvalue weighted by molar-refractivity contribution is 5.86. The largest absolute Gasteiger partial charge is 1.00 e. The zero-order valence-electron chi connectivity index (χ0n) is 8.92. The number of halogens is 1. The van der Waals surface area contributed by atoms with Crippen LogP contribution in [0.3, 0.4) is 0 Å². The van der Waals surface area contributed by atoms with Gasteiger partial charge in [-0.05, 0) is 12.2 Å². The van der Waals surface area contributed by atoms with Crippen LogP contribution >= 0.6 is 0 Å². The maximum Gasteiger partial charge on any atom is 0.243 e. The number of likely N-dealkylation sites (N-methyl/N-ethyl adjacent to an activating group) is 1. The molecule has 0 aromatic rings. The van der Waals surface area contributed by atoms with E-state index in [9.17, 15) is 4.79 Å². The van der Waals surface area contributed by atoms with Crippen molar-refractivity contribution in [3.8, 4) is 0 Å². The lowest BCUT2D eigenvalue weighted by molar-refractivity contribution is -0.883. The van der Waals surface area contributed by atoms with Crippen molar-refractivity contribution in [3.63, 3.8) is 0 Å². The Morgan fingerprint density at radius 2 is 2.00 bits per heavy atom. The molecule has 0 aromatic heterocycles. The Labute approximate surface area is 92.5 Å². The van der Waals surface area contributed by atoms with Crippen molar-refractivity contribution in [1.82, 2.24) is 5.32 Å². The smallest absolute Gasteiger partial charge is 0.243 e. The van der Waals surface area contributed by atoms with Crippen molar-refractivity contribution in [2.24, 2.45) is 0 Å². The Balaban J connectivity index is 0. The number of nitrogens with one attached hydrogen (secondary N) is 1. The molecule has 0 atom stereocenters. The molecule has 0 spiro atoms. The second kappa shape index (κ2) is 7.59. The average Bonchev–Trinajstić information content (AvgIpc) is 2.03. The molecule has 0 rings (SSSR count). The molecule has 0 aromatic carbocycles. The predicted molar refractivity (Wildman–Crippen MR) is 55.2 cm³/mol. The van der Waals surface area contributed by atoms with Gasteiger partial charge in [0.2, 0.25) is 5.91 Å². The van der Waals surface area contributed by atoms with Gasteiger partial charge in [-0.2, -0.15) is 0 Å². The normalized spacial score (nSPS) is 9.86. The third-order valence-electron chi connectivity index (χ3n) is 1.83. The van der Waals surface area contributed by atoms with Gasteiger partial charge >= 0.3 is 0 Å². The molecule has 14 heavy (non-hydrogen) atoms. The van der Waals surface area contributed by atoms with Crippen LogP contribution in [-0.4, -0.2) is 44.1 Å². The minimum absolute atomic E-state index is 0. The molecule has 3 nitrogen and oxygen atoms in total. The molecule has 0 radical (unpaired) electrons. The zero-order valence-corrected chi connectivity index (χ0v) is 9.68. The van der Waals surface area contributed by atoms with E-state index in [4.69, 9.17) is 0 Å². The first-order valence-corrected chi connectivity index (χ1v) is 4.35. The summed E-state index contributed by atoms with van der Waals surface area (Å²) in [6.07, 6.45) is 3.17. The van der Waals surface area contributed by atoms with E-state index in [1.54, 1.807) is 0 Å². The zero-order chi connectivity index (χ0) is 10.3. The van der Waals surface area contributed by atoms with E-state index in [2.05, 4.69) is 32.6 Å². The van der Waals surface area contributed by atoms with Crippen LogP contribution in [0.1, 0.15) is 0 Å². The highest BCUT2D eigenvalue weighted by Gasteiger charge is 2.11. The Bertz CT molecular complexity index is 202. The van der Waals surface area contributed by atoms with E-state index < -0.39 is 0 Å². The van der Waals surface area contributed by atoms with Crippen LogP contribution in [-0.2, 0) is 4.79 Å². The molecule has 0 unspecified atom stereocenters. The van der Waals surface area contributed by atoms with Gasteiger partial charge in [0, 0.05) is 0 Å². The second-order valence-electron chi connectivity index (χ2n) is 3.63. The number of amides is 1. The summed E-state index contributed by atoms with van der Waals surface area (Å²) in [6, 6.07) is 0. The van der Waals surface area contributed by atoms with Gasteiger partial charge in [-0.25, -0.2) is 0 Å². The molecule has 1 N–H and O–H groups in total. The van der Waals surface area contributed by atoms with E-state index in [-0.39, 0.29) is 18.3 Å². The van der Waals surface area contributed by atoms with Gasteiger partial charge in [-0.3, -0.25) is 4.79 Å². The summed E-state index contributed by atoms with van der Waals surface area (Å²) >= 11 is 0. The monoisotopic (exact) mass is 218 g/mol. The molecule has 1 amide bonds. The fourth-order valence-corrected chi connectivity index (χ4v) is 0.995. The summed E-state index contributed by atoms with van der Waals surface area (Å²) in [7, 11) is 4.20. The Hall–Kier alpha value is -0.800. The standard InChI is InChI=1S/C10H18N2O.ClH/c1-5-8-12(3,4)9-7-11-10(13)6-2;/h5-6H,1-2,7-9H2,3-4H3;1H. The topological polar surface area (TPSA) is 29.1 Å². The number of carbonyl (C=O) groups excluding carboxylic acids is 1. The van der Waals surface area contributed by atoms with E-state index in [0.717, 1.165) is 17.6 Å². The molecule has 0 saturated carbocycles. The van der Waals surface area contributed by atoms with Crippen LogP contribution in [0.2, 0.25) is 0 Å². The SMILES string of the molecule is C=CC[N+](C)(C)CCNC(=O)C=C.[Cl-]. The van der Waals surface area contributed by atoms with Gasteiger partial charge in [-0.15, -0.1) is 0 Å². The molecule has 0 bridgehead atoms. The quantitative estimate of drug-likeness (QED) is 0.300. The Morgan fingerprint density at radius 1 is 1.43 bits per heavy atom. The molecule has 0 aliphatic heterocycles. The lowest BCUT2D eigenvalue weighted by Gasteiger charge is -2.28. The second-order valence-corrected chi connectivity index (χ2v) is 3.63.